The van der Waals surface area contributed by atoms with Crippen molar-refractivity contribution in [1.29, 1.82) is 0 Å². The Morgan fingerprint density at radius 1 is 1.00 bits per heavy atom. The van der Waals surface area contributed by atoms with Crippen LogP contribution in [0, 0.1) is 0 Å². The van der Waals surface area contributed by atoms with E-state index in [1.54, 1.807) is 0 Å². The van der Waals surface area contributed by atoms with Gasteiger partial charge in [-0.05, 0) is 19.4 Å². The van der Waals surface area contributed by atoms with Gasteiger partial charge in [0.05, 0.1) is 24.9 Å². The van der Waals surface area contributed by atoms with Gasteiger partial charge in [0.25, 0.3) is 0 Å². The molecule has 16 heavy (non-hydrogen) atoms. The minimum atomic E-state index is -0.831. The molecule has 0 aromatic carbocycles. The molecule has 0 aliphatic carbocycles. The monoisotopic (exact) mass is 233 g/mol. The van der Waals surface area contributed by atoms with Gasteiger partial charge in [-0.25, -0.2) is 0 Å². The third-order valence-corrected chi connectivity index (χ3v) is 3.22. The van der Waals surface area contributed by atoms with Crippen molar-refractivity contribution in [2.45, 2.75) is 43.9 Å². The molecule has 0 aromatic heterocycles. The highest BCUT2D eigenvalue weighted by Crippen LogP contribution is 2.19. The molecule has 0 radical (unpaired) electrons. The molecule has 3 atom stereocenters. The van der Waals surface area contributed by atoms with Crippen molar-refractivity contribution in [3.8, 4) is 0 Å². The number of likely N-dealkylation sites (tertiary alicyclic amines) is 1. The van der Waals surface area contributed by atoms with Crippen molar-refractivity contribution in [1.82, 2.24) is 4.90 Å². The first-order valence-corrected chi connectivity index (χ1v) is 6.02. The zero-order valence-electron chi connectivity index (χ0n) is 9.62. The molecule has 96 valence electrons. The van der Waals surface area contributed by atoms with E-state index in [1.165, 1.54) is 0 Å². The van der Waals surface area contributed by atoms with Gasteiger partial charge in [0, 0.05) is 13.2 Å². The largest absolute Gasteiger partial charge is 0.396 e. The first-order valence-electron chi connectivity index (χ1n) is 6.02. The van der Waals surface area contributed by atoms with Gasteiger partial charge in [0.2, 0.25) is 0 Å². The van der Waals surface area contributed by atoms with Crippen LogP contribution in [0.2, 0.25) is 0 Å². The van der Waals surface area contributed by atoms with Gasteiger partial charge >= 0.3 is 0 Å². The molecule has 0 spiro atoms. The van der Waals surface area contributed by atoms with Gasteiger partial charge in [-0.1, -0.05) is 12.8 Å². The highest BCUT2D eigenvalue weighted by atomic mass is 16.3. The third kappa shape index (κ3) is 3.68. The van der Waals surface area contributed by atoms with Crippen LogP contribution in [0.4, 0.5) is 0 Å². The standard InChI is InChI=1S/C11H23NO4/c13-6-4-2-1-3-5-12-7-10(15)11(16)9(12)8-14/h9-11,13-16H,1-8H2/t9-,10+,11+/m0/s1. The average Bonchev–Trinajstić information content (AvgIpc) is 2.54. The number of β-amino-alcohol motifs (C(OH)–C–C–N with tert-alkyl or cyclic N) is 1. The Morgan fingerprint density at radius 2 is 1.69 bits per heavy atom. The Balaban J connectivity index is 2.20. The molecule has 5 heteroatoms. The van der Waals surface area contributed by atoms with Gasteiger partial charge in [-0.2, -0.15) is 0 Å². The van der Waals surface area contributed by atoms with Gasteiger partial charge in [0.1, 0.15) is 0 Å². The van der Waals surface area contributed by atoms with E-state index in [2.05, 4.69) is 0 Å². The summed E-state index contributed by atoms with van der Waals surface area (Å²) in [7, 11) is 0. The number of hydrogen-bond donors (Lipinski definition) is 4. The predicted molar refractivity (Wildman–Crippen MR) is 60.0 cm³/mol. The Bertz CT molecular complexity index is 191. The smallest absolute Gasteiger partial charge is 0.0988 e. The third-order valence-electron chi connectivity index (χ3n) is 3.22. The van der Waals surface area contributed by atoms with Crippen LogP contribution in [-0.2, 0) is 0 Å². The maximum Gasteiger partial charge on any atom is 0.0988 e. The lowest BCUT2D eigenvalue weighted by atomic mass is 10.1. The van der Waals surface area contributed by atoms with E-state index in [4.69, 9.17) is 10.2 Å². The quantitative estimate of drug-likeness (QED) is 0.421. The molecule has 0 bridgehead atoms. The van der Waals surface area contributed by atoms with Crippen molar-refractivity contribution in [2.75, 3.05) is 26.3 Å². The second-order valence-electron chi connectivity index (χ2n) is 4.44. The molecule has 1 fully saturated rings. The van der Waals surface area contributed by atoms with E-state index in [0.29, 0.717) is 6.54 Å². The minimum absolute atomic E-state index is 0.116. The summed E-state index contributed by atoms with van der Waals surface area (Å²) in [6.45, 7) is 1.34. The normalized spacial score (nSPS) is 31.1. The van der Waals surface area contributed by atoms with E-state index < -0.39 is 12.2 Å². The van der Waals surface area contributed by atoms with Crippen LogP contribution < -0.4 is 0 Å². The van der Waals surface area contributed by atoms with Crippen LogP contribution >= 0.6 is 0 Å². The summed E-state index contributed by atoms with van der Waals surface area (Å²) in [5.41, 5.74) is 0. The van der Waals surface area contributed by atoms with Crippen LogP contribution in [-0.4, -0.2) is 69.9 Å². The Hall–Kier alpha value is -0.200. The molecule has 5 nitrogen and oxygen atoms in total. The molecule has 1 saturated heterocycles. The molecule has 0 aromatic rings. The van der Waals surface area contributed by atoms with Crippen LogP contribution in [0.1, 0.15) is 25.7 Å². The summed E-state index contributed by atoms with van der Waals surface area (Å²) >= 11 is 0. The van der Waals surface area contributed by atoms with E-state index in [1.807, 2.05) is 4.90 Å². The van der Waals surface area contributed by atoms with Crippen molar-refractivity contribution in [3.63, 3.8) is 0 Å². The molecule has 1 rings (SSSR count). The zero-order valence-corrected chi connectivity index (χ0v) is 9.62. The number of nitrogens with zero attached hydrogens (tertiary/aromatic N) is 1. The Morgan fingerprint density at radius 3 is 2.31 bits per heavy atom. The van der Waals surface area contributed by atoms with Crippen molar-refractivity contribution in [2.24, 2.45) is 0 Å². The molecule has 0 saturated carbocycles. The fraction of sp³-hybridized carbons (Fsp3) is 1.00. The van der Waals surface area contributed by atoms with Gasteiger partial charge in [-0.3, -0.25) is 4.90 Å². The summed E-state index contributed by atoms with van der Waals surface area (Å²) in [5.74, 6) is 0. The topological polar surface area (TPSA) is 84.2 Å². The average molecular weight is 233 g/mol. The van der Waals surface area contributed by atoms with E-state index in [-0.39, 0.29) is 19.3 Å². The first kappa shape index (κ1) is 13.9. The van der Waals surface area contributed by atoms with Crippen molar-refractivity contribution >= 4 is 0 Å². The first-order chi connectivity index (χ1) is 7.70. The lowest BCUT2D eigenvalue weighted by Crippen LogP contribution is -2.39. The number of rotatable bonds is 7. The van der Waals surface area contributed by atoms with Gasteiger partial charge in [-0.15, -0.1) is 0 Å². The maximum absolute atomic E-state index is 9.58. The SMILES string of the molecule is OCCCCCCN1C[C@@H](O)[C@H](O)[C@@H]1CO. The van der Waals surface area contributed by atoms with Gasteiger partial charge in [0.15, 0.2) is 0 Å². The minimum Gasteiger partial charge on any atom is -0.396 e. The zero-order chi connectivity index (χ0) is 12.0. The highest BCUT2D eigenvalue weighted by Gasteiger charge is 2.38. The molecular weight excluding hydrogens is 210 g/mol. The molecule has 1 aliphatic rings. The summed E-state index contributed by atoms with van der Waals surface area (Å²) < 4.78 is 0. The molecule has 1 aliphatic heterocycles. The highest BCUT2D eigenvalue weighted by molar-refractivity contribution is 4.92. The maximum atomic E-state index is 9.58. The van der Waals surface area contributed by atoms with Crippen molar-refractivity contribution < 1.29 is 20.4 Å². The summed E-state index contributed by atoms with van der Waals surface area (Å²) in [6.07, 6.45) is 2.25. The Labute approximate surface area is 96.3 Å². The lowest BCUT2D eigenvalue weighted by molar-refractivity contribution is 0.0216. The number of aliphatic hydroxyl groups excluding tert-OH is 4. The number of hydrogen-bond acceptors (Lipinski definition) is 5. The van der Waals surface area contributed by atoms with Crippen LogP contribution in [0.25, 0.3) is 0 Å². The number of aliphatic hydroxyl groups is 4. The number of unbranched alkanes of at least 4 members (excludes halogenated alkanes) is 3. The summed E-state index contributed by atoms with van der Waals surface area (Å²) in [6, 6.07) is -0.326. The molecular formula is C11H23NO4. The molecule has 4 N–H and O–H groups in total. The molecule has 1 heterocycles. The second kappa shape index (κ2) is 7.19. The second-order valence-corrected chi connectivity index (χ2v) is 4.44. The fourth-order valence-corrected chi connectivity index (χ4v) is 2.22. The van der Waals surface area contributed by atoms with E-state index in [0.717, 1.165) is 32.2 Å². The molecule has 0 amide bonds. The van der Waals surface area contributed by atoms with Crippen LogP contribution in [0.15, 0.2) is 0 Å². The van der Waals surface area contributed by atoms with Crippen molar-refractivity contribution in [3.05, 3.63) is 0 Å². The molecule has 0 unspecified atom stereocenters. The fourth-order valence-electron chi connectivity index (χ4n) is 2.22. The van der Waals surface area contributed by atoms with E-state index in [9.17, 15) is 10.2 Å². The van der Waals surface area contributed by atoms with Gasteiger partial charge < -0.3 is 20.4 Å². The summed E-state index contributed by atoms with van der Waals surface area (Å²) in [4.78, 5) is 1.94. The Kier molecular flexibility index (Phi) is 6.23. The predicted octanol–water partition coefficient (Wildman–Crippen LogP) is -1.06. The van der Waals surface area contributed by atoms with Crippen LogP contribution in [0.5, 0.6) is 0 Å². The van der Waals surface area contributed by atoms with E-state index >= 15 is 0 Å². The summed E-state index contributed by atoms with van der Waals surface area (Å²) in [5, 5.41) is 36.8. The lowest BCUT2D eigenvalue weighted by Gasteiger charge is -2.23. The van der Waals surface area contributed by atoms with Crippen LogP contribution in [0.3, 0.4) is 0 Å².